The van der Waals surface area contributed by atoms with Gasteiger partial charge >= 0.3 is 0 Å². The molecular weight excluding hydrogens is 362 g/mol. The van der Waals surface area contributed by atoms with Gasteiger partial charge in [-0.1, -0.05) is 76.6 Å². The molecule has 0 aromatic heterocycles. The number of nitrogens with one attached hydrogen (secondary N) is 1. The van der Waals surface area contributed by atoms with Gasteiger partial charge in [0.15, 0.2) is 0 Å². The van der Waals surface area contributed by atoms with Gasteiger partial charge in [-0.25, -0.2) is 0 Å². The Hall–Kier alpha value is -2.39. The molecule has 0 atom stereocenters. The lowest BCUT2D eigenvalue weighted by Gasteiger charge is -2.22. The molecule has 0 radical (unpaired) electrons. The zero-order chi connectivity index (χ0) is 16.9. The molecule has 1 N–H and O–H groups in total. The van der Waals surface area contributed by atoms with E-state index in [1.54, 1.807) is 0 Å². The smallest absolute Gasteiger partial charge is 0.221 e. The fourth-order valence-corrected chi connectivity index (χ4v) is 3.30. The van der Waals surface area contributed by atoms with Crippen molar-refractivity contribution in [2.45, 2.75) is 12.8 Å². The van der Waals surface area contributed by atoms with E-state index in [0.29, 0.717) is 0 Å². The minimum atomic E-state index is -0.0709. The molecule has 1 amide bonds. The minimum Gasteiger partial charge on any atom is -0.326 e. The summed E-state index contributed by atoms with van der Waals surface area (Å²) in [6.07, 6.45) is 0. The summed E-state index contributed by atoms with van der Waals surface area (Å²) in [6, 6.07) is 26.7. The summed E-state index contributed by atoms with van der Waals surface area (Å²) in [4.78, 5) is 11.6. The van der Waals surface area contributed by atoms with Crippen LogP contribution in [0.4, 0.5) is 5.69 Å². The molecule has 3 heteroatoms. The van der Waals surface area contributed by atoms with Crippen molar-refractivity contribution in [1.82, 2.24) is 0 Å². The first-order valence-electron chi connectivity index (χ1n) is 7.82. The Bertz CT molecular complexity index is 791. The highest BCUT2D eigenvalue weighted by molar-refractivity contribution is 9.10. The van der Waals surface area contributed by atoms with Gasteiger partial charge in [-0.3, -0.25) is 4.79 Å². The van der Waals surface area contributed by atoms with Crippen LogP contribution < -0.4 is 5.32 Å². The minimum absolute atomic E-state index is 0.0479. The fourth-order valence-electron chi connectivity index (χ4n) is 2.92. The summed E-state index contributed by atoms with van der Waals surface area (Å²) < 4.78 is 0.989. The highest BCUT2D eigenvalue weighted by Crippen LogP contribution is 2.37. The van der Waals surface area contributed by atoms with E-state index in [1.165, 1.54) is 18.1 Å². The molecule has 0 unspecified atom stereocenters. The lowest BCUT2D eigenvalue weighted by atomic mass is 9.84. The standard InChI is InChI=1S/C21H18BrNO/c1-15(24)23-20-13-12-18(22)14-19(20)21(16-8-4-2-5-9-16)17-10-6-3-7-11-17/h2-14,21H,1H3,(H,23,24). The quantitative estimate of drug-likeness (QED) is 0.588. The van der Waals surface area contributed by atoms with Crippen molar-refractivity contribution in [3.8, 4) is 0 Å². The van der Waals surface area contributed by atoms with E-state index in [9.17, 15) is 4.79 Å². The number of carbonyl (C=O) groups excluding carboxylic acids is 1. The summed E-state index contributed by atoms with van der Waals surface area (Å²) >= 11 is 3.56. The van der Waals surface area contributed by atoms with Crippen LogP contribution >= 0.6 is 15.9 Å². The maximum Gasteiger partial charge on any atom is 0.221 e. The molecule has 3 rings (SSSR count). The van der Waals surface area contributed by atoms with E-state index < -0.39 is 0 Å². The molecule has 0 aliphatic heterocycles. The Morgan fingerprint density at radius 2 is 1.42 bits per heavy atom. The normalized spacial score (nSPS) is 10.6. The molecule has 3 aromatic rings. The lowest BCUT2D eigenvalue weighted by molar-refractivity contribution is -0.114. The maximum absolute atomic E-state index is 11.6. The van der Waals surface area contributed by atoms with Crippen molar-refractivity contribution in [3.63, 3.8) is 0 Å². The summed E-state index contributed by atoms with van der Waals surface area (Å²) in [7, 11) is 0. The summed E-state index contributed by atoms with van der Waals surface area (Å²) in [5.41, 5.74) is 4.28. The Balaban J connectivity index is 2.20. The molecular formula is C21H18BrNO. The summed E-state index contributed by atoms with van der Waals surface area (Å²) in [5, 5.41) is 2.96. The Labute approximate surface area is 150 Å². The van der Waals surface area contributed by atoms with Crippen molar-refractivity contribution in [2.75, 3.05) is 5.32 Å². The first kappa shape index (κ1) is 16.5. The van der Waals surface area contributed by atoms with Crippen LogP contribution in [-0.4, -0.2) is 5.91 Å². The molecule has 0 saturated heterocycles. The zero-order valence-electron chi connectivity index (χ0n) is 13.4. The van der Waals surface area contributed by atoms with Crippen LogP contribution in [-0.2, 0) is 4.79 Å². The van der Waals surface area contributed by atoms with Crippen molar-refractivity contribution >= 4 is 27.5 Å². The van der Waals surface area contributed by atoms with Gasteiger partial charge in [0.1, 0.15) is 0 Å². The van der Waals surface area contributed by atoms with Crippen LogP contribution in [0.3, 0.4) is 0 Å². The van der Waals surface area contributed by atoms with Gasteiger partial charge in [-0.2, -0.15) is 0 Å². The van der Waals surface area contributed by atoms with Crippen molar-refractivity contribution in [3.05, 3.63) is 100 Å². The molecule has 0 spiro atoms. The fraction of sp³-hybridized carbons (Fsp3) is 0.0952. The Morgan fingerprint density at radius 3 is 1.92 bits per heavy atom. The number of hydrogen-bond acceptors (Lipinski definition) is 1. The van der Waals surface area contributed by atoms with Gasteiger partial charge in [-0.15, -0.1) is 0 Å². The molecule has 0 aliphatic rings. The Kier molecular flexibility index (Phi) is 5.11. The van der Waals surface area contributed by atoms with E-state index in [1.807, 2.05) is 48.5 Å². The summed E-state index contributed by atoms with van der Waals surface area (Å²) in [5.74, 6) is -0.0230. The van der Waals surface area contributed by atoms with Crippen LogP contribution in [0.2, 0.25) is 0 Å². The number of amides is 1. The Morgan fingerprint density at radius 1 is 0.875 bits per heavy atom. The average molecular weight is 380 g/mol. The zero-order valence-corrected chi connectivity index (χ0v) is 15.0. The lowest BCUT2D eigenvalue weighted by Crippen LogP contribution is -2.12. The molecule has 0 bridgehead atoms. The monoisotopic (exact) mass is 379 g/mol. The van der Waals surface area contributed by atoms with Crippen LogP contribution in [0.1, 0.15) is 29.5 Å². The predicted molar refractivity (Wildman–Crippen MR) is 102 cm³/mol. The third-order valence-electron chi connectivity index (χ3n) is 3.90. The first-order valence-corrected chi connectivity index (χ1v) is 8.61. The van der Waals surface area contributed by atoms with Crippen molar-refractivity contribution in [2.24, 2.45) is 0 Å². The average Bonchev–Trinajstić information content (AvgIpc) is 2.59. The van der Waals surface area contributed by atoms with E-state index in [0.717, 1.165) is 15.7 Å². The van der Waals surface area contributed by atoms with Crippen LogP contribution in [0.15, 0.2) is 83.3 Å². The first-order chi connectivity index (χ1) is 11.6. The number of benzene rings is 3. The van der Waals surface area contributed by atoms with Crippen molar-refractivity contribution < 1.29 is 4.79 Å². The molecule has 3 aromatic carbocycles. The highest BCUT2D eigenvalue weighted by Gasteiger charge is 2.20. The van der Waals surface area contributed by atoms with Gasteiger partial charge < -0.3 is 5.32 Å². The largest absolute Gasteiger partial charge is 0.326 e. The van der Waals surface area contributed by atoms with Crippen LogP contribution in [0.25, 0.3) is 0 Å². The van der Waals surface area contributed by atoms with Gasteiger partial charge in [0.25, 0.3) is 0 Å². The van der Waals surface area contributed by atoms with E-state index in [-0.39, 0.29) is 11.8 Å². The van der Waals surface area contributed by atoms with Crippen LogP contribution in [0.5, 0.6) is 0 Å². The van der Waals surface area contributed by atoms with Gasteiger partial charge in [-0.05, 0) is 34.9 Å². The molecule has 2 nitrogen and oxygen atoms in total. The molecule has 0 fully saturated rings. The molecule has 120 valence electrons. The maximum atomic E-state index is 11.6. The van der Waals surface area contributed by atoms with E-state index in [4.69, 9.17) is 0 Å². The summed E-state index contributed by atoms with van der Waals surface area (Å²) in [6.45, 7) is 1.53. The second-order valence-corrected chi connectivity index (χ2v) is 6.58. The number of carbonyl (C=O) groups is 1. The third kappa shape index (κ3) is 3.74. The van der Waals surface area contributed by atoms with E-state index >= 15 is 0 Å². The number of halogens is 1. The third-order valence-corrected chi connectivity index (χ3v) is 4.39. The second kappa shape index (κ2) is 7.45. The van der Waals surface area contributed by atoms with E-state index in [2.05, 4.69) is 51.6 Å². The SMILES string of the molecule is CC(=O)Nc1ccc(Br)cc1C(c1ccccc1)c1ccccc1. The number of hydrogen-bond donors (Lipinski definition) is 1. The number of rotatable bonds is 4. The molecule has 0 saturated carbocycles. The molecule has 0 heterocycles. The highest BCUT2D eigenvalue weighted by atomic mass is 79.9. The second-order valence-electron chi connectivity index (χ2n) is 5.67. The number of anilines is 1. The van der Waals surface area contributed by atoms with Gasteiger partial charge in [0, 0.05) is 23.0 Å². The molecule has 0 aliphatic carbocycles. The predicted octanol–water partition coefficient (Wildman–Crippen LogP) is 5.59. The van der Waals surface area contributed by atoms with Gasteiger partial charge in [0.05, 0.1) is 0 Å². The van der Waals surface area contributed by atoms with Gasteiger partial charge in [0.2, 0.25) is 5.91 Å². The van der Waals surface area contributed by atoms with Crippen molar-refractivity contribution in [1.29, 1.82) is 0 Å². The topological polar surface area (TPSA) is 29.1 Å². The van der Waals surface area contributed by atoms with Crippen LogP contribution in [0, 0.1) is 0 Å². The molecule has 24 heavy (non-hydrogen) atoms.